The number of cyclic esters (lactones) is 1. The molecule has 1 aliphatic heterocycles. The van der Waals surface area contributed by atoms with Gasteiger partial charge in [0.15, 0.2) is 23.1 Å². The van der Waals surface area contributed by atoms with Gasteiger partial charge in [-0.1, -0.05) is 13.0 Å². The minimum atomic E-state index is -0.437. The van der Waals surface area contributed by atoms with E-state index in [2.05, 4.69) is 4.99 Å². The quantitative estimate of drug-likeness (QED) is 0.612. The van der Waals surface area contributed by atoms with Gasteiger partial charge < -0.3 is 14.2 Å². The Morgan fingerprint density at radius 1 is 1.35 bits per heavy atom. The summed E-state index contributed by atoms with van der Waals surface area (Å²) < 4.78 is 15.7. The molecule has 1 aliphatic rings. The first kappa shape index (κ1) is 14.1. The zero-order valence-corrected chi connectivity index (χ0v) is 11.8. The van der Waals surface area contributed by atoms with Crippen LogP contribution in [-0.4, -0.2) is 25.6 Å². The molecule has 0 unspecified atom stereocenters. The van der Waals surface area contributed by atoms with E-state index in [-0.39, 0.29) is 5.70 Å². The van der Waals surface area contributed by atoms with Gasteiger partial charge in [0.2, 0.25) is 0 Å². The fraction of sp³-hybridized carbons (Fsp3) is 0.333. The van der Waals surface area contributed by atoms with E-state index in [9.17, 15) is 4.79 Å². The van der Waals surface area contributed by atoms with E-state index in [1.807, 2.05) is 19.1 Å². The average molecular weight is 275 g/mol. The van der Waals surface area contributed by atoms with Gasteiger partial charge in [-0.15, -0.1) is 0 Å². The van der Waals surface area contributed by atoms with E-state index in [1.165, 1.54) is 0 Å². The van der Waals surface area contributed by atoms with E-state index in [1.54, 1.807) is 26.2 Å². The standard InChI is InChI=1S/C15H17NO4/c1-4-7-19-13-6-5-11(9-14(13)18-3)8-12-15(17)20-10(2)16-12/h5-6,8-9H,4,7H2,1-3H3/b12-8-. The highest BCUT2D eigenvalue weighted by Crippen LogP contribution is 2.29. The first-order chi connectivity index (χ1) is 9.63. The van der Waals surface area contributed by atoms with E-state index in [0.717, 1.165) is 12.0 Å². The number of aliphatic imine (C=N–C) groups is 1. The van der Waals surface area contributed by atoms with Crippen LogP contribution in [0.5, 0.6) is 11.5 Å². The number of benzene rings is 1. The normalized spacial score (nSPS) is 16.1. The van der Waals surface area contributed by atoms with E-state index >= 15 is 0 Å². The van der Waals surface area contributed by atoms with Crippen LogP contribution in [0.3, 0.4) is 0 Å². The van der Waals surface area contributed by atoms with Gasteiger partial charge in [0.1, 0.15) is 0 Å². The summed E-state index contributed by atoms with van der Waals surface area (Å²) in [7, 11) is 1.58. The number of methoxy groups -OCH3 is 1. The Balaban J connectivity index is 2.26. The molecular formula is C15H17NO4. The van der Waals surface area contributed by atoms with Crippen molar-refractivity contribution in [3.05, 3.63) is 29.5 Å². The predicted molar refractivity (Wildman–Crippen MR) is 76.0 cm³/mol. The topological polar surface area (TPSA) is 57.1 Å². The lowest BCUT2D eigenvalue weighted by atomic mass is 10.1. The van der Waals surface area contributed by atoms with Gasteiger partial charge >= 0.3 is 5.97 Å². The Kier molecular flexibility index (Phi) is 4.40. The Morgan fingerprint density at radius 3 is 2.75 bits per heavy atom. The number of carbonyl (C=O) groups is 1. The maximum Gasteiger partial charge on any atom is 0.363 e. The second-order valence-electron chi connectivity index (χ2n) is 4.31. The van der Waals surface area contributed by atoms with Crippen LogP contribution in [0.4, 0.5) is 0 Å². The van der Waals surface area contributed by atoms with Crippen LogP contribution in [0, 0.1) is 0 Å². The van der Waals surface area contributed by atoms with Crippen LogP contribution in [0.15, 0.2) is 28.9 Å². The third-order valence-corrected chi connectivity index (χ3v) is 2.68. The third-order valence-electron chi connectivity index (χ3n) is 2.68. The zero-order valence-electron chi connectivity index (χ0n) is 11.8. The highest BCUT2D eigenvalue weighted by molar-refractivity contribution is 6.06. The van der Waals surface area contributed by atoms with Crippen molar-refractivity contribution in [2.45, 2.75) is 20.3 Å². The highest BCUT2D eigenvalue weighted by Gasteiger charge is 2.19. The van der Waals surface area contributed by atoms with Gasteiger partial charge in [-0.2, -0.15) is 0 Å². The number of rotatable bonds is 5. The van der Waals surface area contributed by atoms with Crippen LogP contribution >= 0.6 is 0 Å². The molecule has 0 N–H and O–H groups in total. The van der Waals surface area contributed by atoms with Crippen molar-refractivity contribution >= 4 is 17.9 Å². The summed E-state index contributed by atoms with van der Waals surface area (Å²) in [6, 6.07) is 5.46. The summed E-state index contributed by atoms with van der Waals surface area (Å²) in [4.78, 5) is 15.5. The maximum absolute atomic E-state index is 11.5. The molecule has 0 saturated carbocycles. The number of ether oxygens (including phenoxy) is 3. The van der Waals surface area contributed by atoms with Crippen molar-refractivity contribution in [3.63, 3.8) is 0 Å². The molecule has 0 radical (unpaired) electrons. The van der Waals surface area contributed by atoms with Crippen LogP contribution < -0.4 is 9.47 Å². The fourth-order valence-corrected chi connectivity index (χ4v) is 1.78. The van der Waals surface area contributed by atoms with Gasteiger partial charge in [-0.05, 0) is 30.2 Å². The Hall–Kier alpha value is -2.30. The van der Waals surface area contributed by atoms with Crippen molar-refractivity contribution in [1.82, 2.24) is 0 Å². The zero-order chi connectivity index (χ0) is 14.5. The second-order valence-corrected chi connectivity index (χ2v) is 4.31. The van der Waals surface area contributed by atoms with Gasteiger partial charge in [-0.3, -0.25) is 0 Å². The van der Waals surface area contributed by atoms with Gasteiger partial charge in [0, 0.05) is 6.92 Å². The van der Waals surface area contributed by atoms with Crippen molar-refractivity contribution < 1.29 is 19.0 Å². The van der Waals surface area contributed by atoms with Crippen molar-refractivity contribution in [2.24, 2.45) is 4.99 Å². The van der Waals surface area contributed by atoms with Gasteiger partial charge in [0.25, 0.3) is 0 Å². The molecule has 2 rings (SSSR count). The summed E-state index contributed by atoms with van der Waals surface area (Å²) in [5.41, 5.74) is 1.09. The molecule has 0 bridgehead atoms. The molecule has 0 atom stereocenters. The average Bonchev–Trinajstić information content (AvgIpc) is 2.75. The van der Waals surface area contributed by atoms with Crippen LogP contribution in [-0.2, 0) is 9.53 Å². The van der Waals surface area contributed by atoms with Crippen LogP contribution in [0.2, 0.25) is 0 Å². The largest absolute Gasteiger partial charge is 0.493 e. The van der Waals surface area contributed by atoms with Crippen molar-refractivity contribution in [1.29, 1.82) is 0 Å². The lowest BCUT2D eigenvalue weighted by molar-refractivity contribution is -0.130. The lowest BCUT2D eigenvalue weighted by Gasteiger charge is -2.10. The molecule has 20 heavy (non-hydrogen) atoms. The molecule has 1 aromatic carbocycles. The van der Waals surface area contributed by atoms with Gasteiger partial charge in [0.05, 0.1) is 13.7 Å². The molecule has 5 nitrogen and oxygen atoms in total. The molecule has 5 heteroatoms. The van der Waals surface area contributed by atoms with Crippen LogP contribution in [0.1, 0.15) is 25.8 Å². The van der Waals surface area contributed by atoms with Crippen molar-refractivity contribution in [2.75, 3.05) is 13.7 Å². The molecule has 1 aromatic rings. The second kappa shape index (κ2) is 6.23. The molecule has 106 valence electrons. The molecule has 0 saturated heterocycles. The minimum Gasteiger partial charge on any atom is -0.493 e. The number of carbonyl (C=O) groups excluding carboxylic acids is 1. The number of esters is 1. The Labute approximate surface area is 117 Å². The Morgan fingerprint density at radius 2 is 2.15 bits per heavy atom. The van der Waals surface area contributed by atoms with E-state index in [4.69, 9.17) is 14.2 Å². The smallest absolute Gasteiger partial charge is 0.363 e. The molecular weight excluding hydrogens is 258 g/mol. The molecule has 1 heterocycles. The molecule has 0 aliphatic carbocycles. The summed E-state index contributed by atoms with van der Waals surface area (Å²) in [6.45, 7) is 4.31. The molecule has 0 amide bonds. The molecule has 0 aromatic heterocycles. The van der Waals surface area contributed by atoms with Gasteiger partial charge in [-0.25, -0.2) is 9.79 Å². The monoisotopic (exact) mass is 275 g/mol. The van der Waals surface area contributed by atoms with Crippen LogP contribution in [0.25, 0.3) is 6.08 Å². The Bertz CT molecular complexity index is 575. The molecule has 0 spiro atoms. The molecule has 0 fully saturated rings. The SMILES string of the molecule is CCCOc1ccc(/C=C2\N=C(C)OC2=O)cc1OC. The van der Waals surface area contributed by atoms with E-state index in [0.29, 0.717) is 24.0 Å². The first-order valence-electron chi connectivity index (χ1n) is 6.44. The lowest BCUT2D eigenvalue weighted by Crippen LogP contribution is -2.00. The number of hydrogen-bond acceptors (Lipinski definition) is 5. The number of nitrogens with zero attached hydrogens (tertiary/aromatic N) is 1. The third kappa shape index (κ3) is 3.17. The summed E-state index contributed by atoms with van der Waals surface area (Å²) in [5, 5.41) is 0. The predicted octanol–water partition coefficient (Wildman–Crippen LogP) is 2.80. The minimum absolute atomic E-state index is 0.284. The van der Waals surface area contributed by atoms with E-state index < -0.39 is 5.97 Å². The first-order valence-corrected chi connectivity index (χ1v) is 6.44. The fourth-order valence-electron chi connectivity index (χ4n) is 1.78. The number of hydrogen-bond donors (Lipinski definition) is 0. The summed E-state index contributed by atoms with van der Waals surface area (Å²) in [6.07, 6.45) is 2.58. The van der Waals surface area contributed by atoms with Crippen molar-refractivity contribution in [3.8, 4) is 11.5 Å². The highest BCUT2D eigenvalue weighted by atomic mass is 16.6. The summed E-state index contributed by atoms with van der Waals surface area (Å²) >= 11 is 0. The maximum atomic E-state index is 11.5. The summed E-state index contributed by atoms with van der Waals surface area (Å²) in [5.74, 6) is 1.23.